The number of nitrogens with one attached hydrogen (secondary N) is 3. The largest absolute Gasteiger partial charge is 0.464 e. The maximum absolute atomic E-state index is 12.6. The summed E-state index contributed by atoms with van der Waals surface area (Å²) in [6.45, 7) is 0. The maximum Gasteiger partial charge on any atom is 0.355 e. The average Bonchev–Trinajstić information content (AvgIpc) is 3.71. The van der Waals surface area contributed by atoms with Crippen LogP contribution in [0.15, 0.2) is 60.4 Å². The average molecular weight is 541 g/mol. The Kier molecular flexibility index (Phi) is 6.16. The highest BCUT2D eigenvalue weighted by atomic mass is 16.5. The highest BCUT2D eigenvalue weighted by Gasteiger charge is 2.34. The van der Waals surface area contributed by atoms with Gasteiger partial charge in [-0.2, -0.15) is 0 Å². The number of aliphatic hydroxyl groups is 1. The fraction of sp³-hybridized carbons (Fsp3) is 0.207. The van der Waals surface area contributed by atoms with Crippen molar-refractivity contribution >= 4 is 61.4 Å². The number of esters is 1. The summed E-state index contributed by atoms with van der Waals surface area (Å²) < 4.78 is 4.43. The molecule has 1 fully saturated rings. The molecule has 40 heavy (non-hydrogen) atoms. The molecule has 2 amide bonds. The number of amides is 2. The summed E-state index contributed by atoms with van der Waals surface area (Å²) >= 11 is 0. The standard InChI is InChI=1S/C20H11N3O2.C9H17N3O3/c24-19-15-13-9-5-1-3-7-11(9)21-17(13)18-14(16(15)20(25)23-19)10-6-2-4-8-12(10)22-18;1-15-9(14)8(10)5-12(11)6-2-3-7(13)4-6/h1-8,21-22H,(H,23,24,25);5-7,13H,2-4,10-11H2,1H3/b;8-5-. The highest BCUT2D eigenvalue weighted by molar-refractivity contribution is 6.39. The van der Waals surface area contributed by atoms with Crippen LogP contribution >= 0.6 is 0 Å². The van der Waals surface area contributed by atoms with Gasteiger partial charge in [-0.15, -0.1) is 0 Å². The smallest absolute Gasteiger partial charge is 0.355 e. The van der Waals surface area contributed by atoms with Gasteiger partial charge in [-0.1, -0.05) is 36.4 Å². The van der Waals surface area contributed by atoms with Crippen LogP contribution in [0.5, 0.6) is 0 Å². The molecule has 3 heterocycles. The number of carbonyl (C=O) groups excluding carboxylic acids is 3. The quantitative estimate of drug-likeness (QED) is 0.0664. The van der Waals surface area contributed by atoms with Gasteiger partial charge in [0.05, 0.1) is 35.4 Å². The van der Waals surface area contributed by atoms with Gasteiger partial charge >= 0.3 is 5.97 Å². The number of aliphatic hydroxyl groups excluding tert-OH is 1. The van der Waals surface area contributed by atoms with E-state index in [2.05, 4.69) is 20.0 Å². The van der Waals surface area contributed by atoms with Crippen molar-refractivity contribution in [3.05, 3.63) is 71.6 Å². The number of hydrogen-bond acceptors (Lipinski definition) is 8. The number of para-hydroxylation sites is 2. The van der Waals surface area contributed by atoms with E-state index in [4.69, 9.17) is 11.6 Å². The van der Waals surface area contributed by atoms with Crippen molar-refractivity contribution in [2.75, 3.05) is 7.11 Å². The lowest BCUT2D eigenvalue weighted by molar-refractivity contribution is -0.136. The predicted molar refractivity (Wildman–Crippen MR) is 151 cm³/mol. The number of carbonyl (C=O) groups is 3. The van der Waals surface area contributed by atoms with Crippen LogP contribution in [0.3, 0.4) is 0 Å². The Morgan fingerprint density at radius 3 is 1.95 bits per heavy atom. The molecule has 5 aromatic rings. The number of ether oxygens (including phenoxy) is 1. The van der Waals surface area contributed by atoms with E-state index in [1.54, 1.807) is 0 Å². The van der Waals surface area contributed by atoms with Crippen molar-refractivity contribution in [3.63, 3.8) is 0 Å². The minimum atomic E-state index is -0.607. The Labute approximate surface area is 227 Å². The molecule has 2 atom stereocenters. The molecule has 0 spiro atoms. The monoisotopic (exact) mass is 540 g/mol. The highest BCUT2D eigenvalue weighted by Crippen LogP contribution is 2.41. The number of imide groups is 1. The summed E-state index contributed by atoms with van der Waals surface area (Å²) in [6.07, 6.45) is 3.15. The number of rotatable bonds is 3. The van der Waals surface area contributed by atoms with Crippen LogP contribution in [-0.2, 0) is 9.53 Å². The van der Waals surface area contributed by atoms with Gasteiger partial charge in [-0.05, 0) is 31.4 Å². The number of aromatic amines is 2. The first-order valence-corrected chi connectivity index (χ1v) is 12.9. The zero-order valence-electron chi connectivity index (χ0n) is 21.7. The SMILES string of the molecule is COC(=O)/C(N)=C/N(N)C1CCC(O)C1.O=C1NC(=O)c2c1c1c3ccccc3[nH]c1c1[nH]c3ccccc3c21. The van der Waals surface area contributed by atoms with Crippen molar-refractivity contribution in [1.29, 1.82) is 0 Å². The summed E-state index contributed by atoms with van der Waals surface area (Å²) in [5, 5.41) is 16.6. The van der Waals surface area contributed by atoms with Crippen molar-refractivity contribution in [2.24, 2.45) is 11.6 Å². The molecule has 1 aliphatic carbocycles. The lowest BCUT2D eigenvalue weighted by atomic mass is 9.97. The van der Waals surface area contributed by atoms with E-state index in [-0.39, 0.29) is 29.7 Å². The number of hydrogen-bond donors (Lipinski definition) is 6. The van der Waals surface area contributed by atoms with Crippen molar-refractivity contribution in [2.45, 2.75) is 31.4 Å². The summed E-state index contributed by atoms with van der Waals surface area (Å²) in [6, 6.07) is 15.7. The number of hydrazine groups is 1. The van der Waals surface area contributed by atoms with E-state index in [9.17, 15) is 19.5 Å². The molecule has 2 unspecified atom stereocenters. The third-order valence-corrected chi connectivity index (χ3v) is 7.60. The fourth-order valence-corrected chi connectivity index (χ4v) is 5.75. The zero-order chi connectivity index (χ0) is 28.1. The Hall–Kier alpha value is -4.87. The van der Waals surface area contributed by atoms with E-state index >= 15 is 0 Å². The lowest BCUT2D eigenvalue weighted by Gasteiger charge is -2.21. The Morgan fingerprint density at radius 1 is 0.950 bits per heavy atom. The lowest BCUT2D eigenvalue weighted by Crippen LogP contribution is -2.36. The fourth-order valence-electron chi connectivity index (χ4n) is 5.75. The summed E-state index contributed by atoms with van der Waals surface area (Å²) in [4.78, 5) is 43.0. The van der Waals surface area contributed by atoms with Gasteiger partial charge in [0, 0.05) is 44.8 Å². The number of nitrogens with two attached hydrogens (primary N) is 2. The zero-order valence-corrected chi connectivity index (χ0v) is 21.7. The normalized spacial score (nSPS) is 18.7. The number of nitrogens with zero attached hydrogens (tertiary/aromatic N) is 1. The summed E-state index contributed by atoms with van der Waals surface area (Å²) in [7, 11) is 1.25. The first-order valence-electron chi connectivity index (χ1n) is 12.9. The molecule has 0 radical (unpaired) electrons. The van der Waals surface area contributed by atoms with Gasteiger partial charge in [0.2, 0.25) is 0 Å². The van der Waals surface area contributed by atoms with E-state index < -0.39 is 5.97 Å². The van der Waals surface area contributed by atoms with Crippen LogP contribution in [0, 0.1) is 0 Å². The van der Waals surface area contributed by atoms with Gasteiger partial charge in [0.25, 0.3) is 11.8 Å². The van der Waals surface area contributed by atoms with Crippen LogP contribution in [0.4, 0.5) is 0 Å². The van der Waals surface area contributed by atoms with Crippen molar-refractivity contribution < 1.29 is 24.2 Å². The van der Waals surface area contributed by atoms with Crippen LogP contribution in [-0.4, -0.2) is 57.1 Å². The van der Waals surface area contributed by atoms with E-state index in [0.29, 0.717) is 17.5 Å². The Bertz CT molecular complexity index is 1760. The molecule has 1 saturated carbocycles. The van der Waals surface area contributed by atoms with E-state index in [1.807, 2.05) is 48.5 Å². The third-order valence-electron chi connectivity index (χ3n) is 7.60. The number of aromatic nitrogens is 2. The Balaban J connectivity index is 0.000000167. The molecule has 7 rings (SSSR count). The number of methoxy groups -OCH3 is 1. The second-order valence-corrected chi connectivity index (χ2v) is 10.0. The van der Waals surface area contributed by atoms with Crippen LogP contribution < -0.4 is 16.9 Å². The molecule has 1 aliphatic heterocycles. The molecule has 3 aromatic carbocycles. The summed E-state index contributed by atoms with van der Waals surface area (Å²) in [5.74, 6) is 4.42. The van der Waals surface area contributed by atoms with Gasteiger partial charge in [0.1, 0.15) is 5.70 Å². The molecular formula is C29H28N6O5. The second kappa shape index (κ2) is 9.70. The number of fused-ring (bicyclic) bond motifs is 10. The van der Waals surface area contributed by atoms with Gasteiger partial charge < -0.3 is 30.6 Å². The predicted octanol–water partition coefficient (Wildman–Crippen LogP) is 2.89. The van der Waals surface area contributed by atoms with Crippen molar-refractivity contribution in [1.82, 2.24) is 20.3 Å². The van der Waals surface area contributed by atoms with Crippen LogP contribution in [0.25, 0.3) is 43.6 Å². The first kappa shape index (κ1) is 25.4. The van der Waals surface area contributed by atoms with Gasteiger partial charge in [-0.25, -0.2) is 10.6 Å². The van der Waals surface area contributed by atoms with Crippen LogP contribution in [0.2, 0.25) is 0 Å². The molecule has 2 aromatic heterocycles. The number of benzene rings is 3. The molecule has 2 aliphatic rings. The van der Waals surface area contributed by atoms with Gasteiger partial charge in [0.15, 0.2) is 0 Å². The second-order valence-electron chi connectivity index (χ2n) is 10.0. The first-order chi connectivity index (χ1) is 19.3. The van der Waals surface area contributed by atoms with E-state index in [0.717, 1.165) is 56.5 Å². The third kappa shape index (κ3) is 4.03. The molecule has 11 nitrogen and oxygen atoms in total. The molecule has 0 bridgehead atoms. The maximum atomic E-state index is 12.6. The van der Waals surface area contributed by atoms with Gasteiger partial charge in [-0.3, -0.25) is 14.9 Å². The molecule has 204 valence electrons. The minimum Gasteiger partial charge on any atom is -0.464 e. The Morgan fingerprint density at radius 2 is 1.48 bits per heavy atom. The minimum absolute atomic E-state index is 0.0307. The molecule has 8 N–H and O–H groups in total. The summed E-state index contributed by atoms with van der Waals surface area (Å²) in [5.41, 5.74) is 9.93. The van der Waals surface area contributed by atoms with Crippen molar-refractivity contribution in [3.8, 4) is 0 Å². The molecule has 11 heteroatoms. The number of H-pyrrole nitrogens is 2. The molecule has 0 saturated heterocycles. The topological polar surface area (TPSA) is 180 Å². The molecular weight excluding hydrogens is 512 g/mol. The van der Waals surface area contributed by atoms with E-state index in [1.165, 1.54) is 18.3 Å². The van der Waals surface area contributed by atoms with Crippen LogP contribution in [0.1, 0.15) is 40.0 Å².